The van der Waals surface area contributed by atoms with E-state index in [1.165, 1.54) is 11.1 Å². The van der Waals surface area contributed by atoms with Crippen molar-refractivity contribution in [1.82, 2.24) is 10.3 Å². The molecule has 0 saturated carbocycles. The Bertz CT molecular complexity index is 884. The highest BCUT2D eigenvalue weighted by atomic mass is 16.4. The van der Waals surface area contributed by atoms with Crippen LogP contribution in [-0.2, 0) is 11.2 Å². The lowest BCUT2D eigenvalue weighted by atomic mass is 9.97. The number of fused-ring (bicyclic) bond motifs is 1. The fourth-order valence-electron chi connectivity index (χ4n) is 3.59. The maximum absolute atomic E-state index is 12.6. The number of hydrogen-bond acceptors (Lipinski definition) is 4. The zero-order valence-electron chi connectivity index (χ0n) is 15.6. The second-order valence-electron chi connectivity index (χ2n) is 7.28. The molecule has 2 aromatic carbocycles. The van der Waals surface area contributed by atoms with Gasteiger partial charge in [-0.1, -0.05) is 42.0 Å². The SMILES string of the molecule is Cc1ccc(CCNC(=O)[C@@H]2CCCN(c3nc4ccccc4o3)C2)cc1. The molecule has 1 aliphatic heterocycles. The lowest BCUT2D eigenvalue weighted by Gasteiger charge is -2.30. The second-order valence-corrected chi connectivity index (χ2v) is 7.28. The standard InChI is InChI=1S/C22H25N3O2/c1-16-8-10-17(11-9-16)12-13-23-21(26)18-5-4-14-25(15-18)22-24-19-6-2-3-7-20(19)27-22/h2-3,6-11,18H,4-5,12-15H2,1H3,(H,23,26)/t18-/m1/s1. The van der Waals surface area contributed by atoms with Crippen LogP contribution in [0.1, 0.15) is 24.0 Å². The van der Waals surface area contributed by atoms with Gasteiger partial charge in [0.2, 0.25) is 5.91 Å². The molecule has 5 heteroatoms. The molecule has 4 rings (SSSR count). The van der Waals surface area contributed by atoms with Crippen molar-refractivity contribution < 1.29 is 9.21 Å². The van der Waals surface area contributed by atoms with Crippen molar-refractivity contribution in [3.8, 4) is 0 Å². The Kier molecular flexibility index (Phi) is 5.10. The van der Waals surface area contributed by atoms with E-state index in [1.54, 1.807) is 0 Å². The summed E-state index contributed by atoms with van der Waals surface area (Å²) in [6.45, 7) is 4.28. The summed E-state index contributed by atoms with van der Waals surface area (Å²) in [6.07, 6.45) is 2.73. The molecule has 140 valence electrons. The van der Waals surface area contributed by atoms with Crippen LogP contribution in [0.25, 0.3) is 11.1 Å². The number of amides is 1. The molecule has 0 radical (unpaired) electrons. The Balaban J connectivity index is 1.33. The minimum absolute atomic E-state index is 0.0215. The van der Waals surface area contributed by atoms with E-state index >= 15 is 0 Å². The van der Waals surface area contributed by atoms with E-state index in [2.05, 4.69) is 46.4 Å². The maximum Gasteiger partial charge on any atom is 0.298 e. The third kappa shape index (κ3) is 4.13. The third-order valence-corrected chi connectivity index (χ3v) is 5.18. The van der Waals surface area contributed by atoms with Crippen LogP contribution in [0.4, 0.5) is 6.01 Å². The first kappa shape index (κ1) is 17.6. The number of oxazole rings is 1. The number of hydrogen-bond donors (Lipinski definition) is 1. The number of para-hydroxylation sites is 2. The maximum atomic E-state index is 12.6. The highest BCUT2D eigenvalue weighted by molar-refractivity contribution is 5.79. The molecule has 1 atom stereocenters. The topological polar surface area (TPSA) is 58.4 Å². The smallest absolute Gasteiger partial charge is 0.298 e. The Morgan fingerprint density at radius 1 is 1.22 bits per heavy atom. The first-order chi connectivity index (χ1) is 13.2. The molecule has 0 unspecified atom stereocenters. The largest absolute Gasteiger partial charge is 0.423 e. The van der Waals surface area contributed by atoms with Crippen molar-refractivity contribution in [1.29, 1.82) is 0 Å². The lowest BCUT2D eigenvalue weighted by molar-refractivity contribution is -0.125. The van der Waals surface area contributed by atoms with Crippen molar-refractivity contribution >= 4 is 23.0 Å². The van der Waals surface area contributed by atoms with E-state index < -0.39 is 0 Å². The molecule has 0 bridgehead atoms. The number of nitrogens with zero attached hydrogens (tertiary/aromatic N) is 2. The van der Waals surface area contributed by atoms with Gasteiger partial charge < -0.3 is 14.6 Å². The molecule has 1 aliphatic rings. The Morgan fingerprint density at radius 2 is 2.04 bits per heavy atom. The molecule has 1 N–H and O–H groups in total. The fraction of sp³-hybridized carbons (Fsp3) is 0.364. The zero-order valence-corrected chi connectivity index (χ0v) is 15.6. The first-order valence-electron chi connectivity index (χ1n) is 9.63. The fourth-order valence-corrected chi connectivity index (χ4v) is 3.59. The van der Waals surface area contributed by atoms with Crippen LogP contribution in [0.15, 0.2) is 52.9 Å². The Morgan fingerprint density at radius 3 is 2.85 bits per heavy atom. The van der Waals surface area contributed by atoms with Gasteiger partial charge >= 0.3 is 0 Å². The highest BCUT2D eigenvalue weighted by Crippen LogP contribution is 2.26. The van der Waals surface area contributed by atoms with Crippen molar-refractivity contribution in [2.24, 2.45) is 5.92 Å². The number of nitrogens with one attached hydrogen (secondary N) is 1. The number of aryl methyl sites for hydroxylation is 1. The number of benzene rings is 2. The monoisotopic (exact) mass is 363 g/mol. The Labute approximate surface area is 159 Å². The molecule has 0 aliphatic carbocycles. The molecule has 5 nitrogen and oxygen atoms in total. The minimum Gasteiger partial charge on any atom is -0.423 e. The van der Waals surface area contributed by atoms with E-state index in [4.69, 9.17) is 4.42 Å². The average molecular weight is 363 g/mol. The zero-order chi connectivity index (χ0) is 18.6. The molecular weight excluding hydrogens is 338 g/mol. The predicted molar refractivity (Wildman–Crippen MR) is 107 cm³/mol. The predicted octanol–water partition coefficient (Wildman–Crippen LogP) is 3.71. The van der Waals surface area contributed by atoms with E-state index in [0.29, 0.717) is 19.1 Å². The quantitative estimate of drug-likeness (QED) is 0.751. The molecule has 1 aromatic heterocycles. The molecule has 27 heavy (non-hydrogen) atoms. The van der Waals surface area contributed by atoms with E-state index in [1.807, 2.05) is 24.3 Å². The Hall–Kier alpha value is -2.82. The van der Waals surface area contributed by atoms with E-state index in [0.717, 1.165) is 36.9 Å². The van der Waals surface area contributed by atoms with Crippen LogP contribution in [0, 0.1) is 12.8 Å². The number of carbonyl (C=O) groups excluding carboxylic acids is 1. The van der Waals surface area contributed by atoms with Gasteiger partial charge in [0.1, 0.15) is 5.52 Å². The summed E-state index contributed by atoms with van der Waals surface area (Å²) in [5, 5.41) is 3.10. The van der Waals surface area contributed by atoms with Gasteiger partial charge in [0.25, 0.3) is 6.01 Å². The highest BCUT2D eigenvalue weighted by Gasteiger charge is 2.28. The summed E-state index contributed by atoms with van der Waals surface area (Å²) in [4.78, 5) is 19.3. The number of piperidine rings is 1. The van der Waals surface area contributed by atoms with Crippen molar-refractivity contribution in [2.45, 2.75) is 26.2 Å². The van der Waals surface area contributed by atoms with Crippen LogP contribution in [0.5, 0.6) is 0 Å². The van der Waals surface area contributed by atoms with Gasteiger partial charge in [-0.2, -0.15) is 4.98 Å². The average Bonchev–Trinajstić information content (AvgIpc) is 3.14. The molecule has 1 amide bonds. The van der Waals surface area contributed by atoms with Crippen LogP contribution in [0.3, 0.4) is 0 Å². The van der Waals surface area contributed by atoms with E-state index in [9.17, 15) is 4.79 Å². The van der Waals surface area contributed by atoms with Gasteiger partial charge in [-0.3, -0.25) is 4.79 Å². The minimum atomic E-state index is -0.0215. The van der Waals surface area contributed by atoms with Crippen molar-refractivity contribution in [2.75, 3.05) is 24.5 Å². The first-order valence-corrected chi connectivity index (χ1v) is 9.63. The van der Waals surface area contributed by atoms with Gasteiger partial charge in [-0.05, 0) is 43.9 Å². The van der Waals surface area contributed by atoms with Crippen LogP contribution in [-0.4, -0.2) is 30.5 Å². The summed E-state index contributed by atoms with van der Waals surface area (Å²) in [6, 6.07) is 16.8. The molecular formula is C22H25N3O2. The summed E-state index contributed by atoms with van der Waals surface area (Å²) in [7, 11) is 0. The number of anilines is 1. The molecule has 3 aromatic rings. The molecule has 1 fully saturated rings. The summed E-state index contributed by atoms with van der Waals surface area (Å²) < 4.78 is 5.87. The van der Waals surface area contributed by atoms with Gasteiger partial charge in [0, 0.05) is 19.6 Å². The molecule has 2 heterocycles. The third-order valence-electron chi connectivity index (χ3n) is 5.18. The summed E-state index contributed by atoms with van der Waals surface area (Å²) in [5.41, 5.74) is 4.15. The number of aromatic nitrogens is 1. The molecule has 0 spiro atoms. The number of carbonyl (C=O) groups is 1. The van der Waals surface area contributed by atoms with Crippen molar-refractivity contribution in [3.05, 3.63) is 59.7 Å². The van der Waals surface area contributed by atoms with E-state index in [-0.39, 0.29) is 11.8 Å². The lowest BCUT2D eigenvalue weighted by Crippen LogP contribution is -2.43. The normalized spacial score (nSPS) is 17.2. The van der Waals surface area contributed by atoms with Gasteiger partial charge in [-0.15, -0.1) is 0 Å². The van der Waals surface area contributed by atoms with Crippen LogP contribution in [0.2, 0.25) is 0 Å². The summed E-state index contributed by atoms with van der Waals surface area (Å²) in [5.74, 6) is 0.106. The van der Waals surface area contributed by atoms with Gasteiger partial charge in [-0.25, -0.2) is 0 Å². The van der Waals surface area contributed by atoms with Crippen molar-refractivity contribution in [3.63, 3.8) is 0 Å². The molecule has 1 saturated heterocycles. The van der Waals surface area contributed by atoms with Gasteiger partial charge in [0.15, 0.2) is 5.58 Å². The van der Waals surface area contributed by atoms with Crippen LogP contribution >= 0.6 is 0 Å². The second kappa shape index (κ2) is 7.82. The van der Waals surface area contributed by atoms with Crippen LogP contribution < -0.4 is 10.2 Å². The summed E-state index contributed by atoms with van der Waals surface area (Å²) >= 11 is 0. The van der Waals surface area contributed by atoms with Gasteiger partial charge in [0.05, 0.1) is 5.92 Å². The number of rotatable bonds is 5.